The van der Waals surface area contributed by atoms with Crippen molar-refractivity contribution < 1.29 is 9.53 Å². The maximum atomic E-state index is 11.4. The van der Waals surface area contributed by atoms with Gasteiger partial charge in [0.1, 0.15) is 17.7 Å². The molecule has 0 aliphatic rings. The molecule has 106 valence electrons. The Morgan fingerprint density at radius 2 is 2.10 bits per heavy atom. The molecule has 0 aliphatic carbocycles. The molecule has 1 aromatic carbocycles. The second-order valence-corrected chi connectivity index (χ2v) is 6.00. The van der Waals surface area contributed by atoms with Crippen molar-refractivity contribution in [2.24, 2.45) is 0 Å². The SMILES string of the molecule is C[C@@H](Cl)C(=O)Nc1nnc(COc2ccc(Cl)cc2)s1. The molecular formula is C12H11Cl2N3O2S. The van der Waals surface area contributed by atoms with E-state index in [1.54, 1.807) is 31.2 Å². The number of carbonyl (C=O) groups is 1. The van der Waals surface area contributed by atoms with E-state index in [9.17, 15) is 4.79 Å². The zero-order valence-corrected chi connectivity index (χ0v) is 12.8. The number of carbonyl (C=O) groups excluding carboxylic acids is 1. The van der Waals surface area contributed by atoms with Crippen molar-refractivity contribution in [1.29, 1.82) is 0 Å². The Labute approximate surface area is 129 Å². The molecule has 0 saturated heterocycles. The van der Waals surface area contributed by atoms with E-state index < -0.39 is 5.38 Å². The highest BCUT2D eigenvalue weighted by Gasteiger charge is 2.12. The van der Waals surface area contributed by atoms with Crippen LogP contribution in [0.4, 0.5) is 5.13 Å². The second kappa shape index (κ2) is 6.88. The standard InChI is InChI=1S/C12H11Cl2N3O2S/c1-7(13)11(18)15-12-17-16-10(20-12)6-19-9-4-2-8(14)3-5-9/h2-5,7H,6H2,1H3,(H,15,17,18)/t7-/m1/s1. The van der Waals surface area contributed by atoms with Gasteiger partial charge in [0, 0.05) is 5.02 Å². The summed E-state index contributed by atoms with van der Waals surface area (Å²) in [5.41, 5.74) is 0. The Balaban J connectivity index is 1.89. The van der Waals surface area contributed by atoms with E-state index in [2.05, 4.69) is 15.5 Å². The normalized spacial score (nSPS) is 11.9. The number of nitrogens with one attached hydrogen (secondary N) is 1. The molecule has 1 atom stereocenters. The van der Waals surface area contributed by atoms with Crippen LogP contribution in [0.5, 0.6) is 5.75 Å². The summed E-state index contributed by atoms with van der Waals surface area (Å²) in [7, 11) is 0. The maximum Gasteiger partial charge on any atom is 0.243 e. The van der Waals surface area contributed by atoms with Gasteiger partial charge in [-0.15, -0.1) is 21.8 Å². The highest BCUT2D eigenvalue weighted by Crippen LogP contribution is 2.20. The lowest BCUT2D eigenvalue weighted by Crippen LogP contribution is -2.20. The largest absolute Gasteiger partial charge is 0.486 e. The number of alkyl halides is 1. The van der Waals surface area contributed by atoms with E-state index in [-0.39, 0.29) is 12.5 Å². The van der Waals surface area contributed by atoms with Gasteiger partial charge in [-0.3, -0.25) is 10.1 Å². The topological polar surface area (TPSA) is 64.1 Å². The van der Waals surface area contributed by atoms with E-state index in [4.69, 9.17) is 27.9 Å². The van der Waals surface area contributed by atoms with Crippen molar-refractivity contribution in [3.8, 4) is 5.75 Å². The number of rotatable bonds is 5. The van der Waals surface area contributed by atoms with Crippen LogP contribution in [0.15, 0.2) is 24.3 Å². The van der Waals surface area contributed by atoms with Crippen molar-refractivity contribution >= 4 is 45.6 Å². The molecule has 0 bridgehead atoms. The molecule has 1 N–H and O–H groups in total. The molecule has 0 fully saturated rings. The van der Waals surface area contributed by atoms with Gasteiger partial charge in [0.2, 0.25) is 11.0 Å². The van der Waals surface area contributed by atoms with Gasteiger partial charge >= 0.3 is 0 Å². The zero-order chi connectivity index (χ0) is 14.5. The molecule has 0 spiro atoms. The van der Waals surface area contributed by atoms with Crippen LogP contribution in [0.3, 0.4) is 0 Å². The van der Waals surface area contributed by atoms with E-state index in [1.165, 1.54) is 11.3 Å². The lowest BCUT2D eigenvalue weighted by Gasteiger charge is -2.03. The fourth-order valence-electron chi connectivity index (χ4n) is 1.24. The van der Waals surface area contributed by atoms with Gasteiger partial charge in [-0.25, -0.2) is 0 Å². The summed E-state index contributed by atoms with van der Waals surface area (Å²) >= 11 is 12.7. The first-order chi connectivity index (χ1) is 9.54. The summed E-state index contributed by atoms with van der Waals surface area (Å²) in [4.78, 5) is 11.4. The molecule has 8 heteroatoms. The van der Waals surface area contributed by atoms with Crippen LogP contribution in [0.1, 0.15) is 11.9 Å². The van der Waals surface area contributed by atoms with Crippen molar-refractivity contribution in [3.05, 3.63) is 34.3 Å². The Morgan fingerprint density at radius 1 is 1.40 bits per heavy atom. The maximum absolute atomic E-state index is 11.4. The van der Waals surface area contributed by atoms with Crippen molar-refractivity contribution in [1.82, 2.24) is 10.2 Å². The Morgan fingerprint density at radius 3 is 2.75 bits per heavy atom. The van der Waals surface area contributed by atoms with Crippen molar-refractivity contribution in [3.63, 3.8) is 0 Å². The summed E-state index contributed by atoms with van der Waals surface area (Å²) in [5.74, 6) is 0.373. The van der Waals surface area contributed by atoms with E-state index >= 15 is 0 Å². The van der Waals surface area contributed by atoms with Crippen LogP contribution in [0.2, 0.25) is 5.02 Å². The van der Waals surface area contributed by atoms with Crippen molar-refractivity contribution in [2.75, 3.05) is 5.32 Å². The highest BCUT2D eigenvalue weighted by molar-refractivity contribution is 7.15. The van der Waals surface area contributed by atoms with Crippen LogP contribution in [0, 0.1) is 0 Å². The average Bonchev–Trinajstić information content (AvgIpc) is 2.85. The number of nitrogens with zero attached hydrogens (tertiary/aromatic N) is 2. The first kappa shape index (κ1) is 15.0. The number of ether oxygens (including phenoxy) is 1. The molecule has 0 unspecified atom stereocenters. The fourth-order valence-corrected chi connectivity index (χ4v) is 2.08. The monoisotopic (exact) mass is 331 g/mol. The highest BCUT2D eigenvalue weighted by atomic mass is 35.5. The summed E-state index contributed by atoms with van der Waals surface area (Å²) < 4.78 is 5.52. The predicted octanol–water partition coefficient (Wildman–Crippen LogP) is 3.34. The third-order valence-corrected chi connectivity index (χ3v) is 3.50. The minimum Gasteiger partial charge on any atom is -0.486 e. The smallest absolute Gasteiger partial charge is 0.243 e. The molecule has 1 heterocycles. The second-order valence-electron chi connectivity index (χ2n) is 3.85. The quantitative estimate of drug-likeness (QED) is 0.853. The molecule has 5 nitrogen and oxygen atoms in total. The number of amides is 1. The van der Waals surface area contributed by atoms with Crippen LogP contribution >= 0.6 is 34.5 Å². The number of anilines is 1. The van der Waals surface area contributed by atoms with Gasteiger partial charge < -0.3 is 4.74 Å². The molecular weight excluding hydrogens is 321 g/mol. The van der Waals surface area contributed by atoms with Crippen LogP contribution in [0.25, 0.3) is 0 Å². The molecule has 20 heavy (non-hydrogen) atoms. The van der Waals surface area contributed by atoms with Gasteiger partial charge in [0.05, 0.1) is 0 Å². The number of aromatic nitrogens is 2. The van der Waals surface area contributed by atoms with Gasteiger partial charge in [-0.1, -0.05) is 22.9 Å². The summed E-state index contributed by atoms with van der Waals surface area (Å²) in [6.07, 6.45) is 0. The van der Waals surface area contributed by atoms with Crippen LogP contribution in [-0.2, 0) is 11.4 Å². The Bertz CT molecular complexity index is 587. The van der Waals surface area contributed by atoms with Crippen molar-refractivity contribution in [2.45, 2.75) is 18.9 Å². The minimum atomic E-state index is -0.618. The molecule has 2 aromatic rings. The van der Waals surface area contributed by atoms with E-state index in [0.717, 1.165) is 0 Å². The average molecular weight is 332 g/mol. The summed E-state index contributed by atoms with van der Waals surface area (Å²) in [6, 6.07) is 7.01. The number of benzene rings is 1. The number of halogens is 2. The Hall–Kier alpha value is -1.37. The molecule has 0 aliphatic heterocycles. The fraction of sp³-hybridized carbons (Fsp3) is 0.250. The van der Waals surface area contributed by atoms with E-state index in [0.29, 0.717) is 20.9 Å². The van der Waals surface area contributed by atoms with Gasteiger partial charge in [-0.2, -0.15) is 0 Å². The summed E-state index contributed by atoms with van der Waals surface area (Å²) in [6.45, 7) is 1.86. The first-order valence-corrected chi connectivity index (χ1v) is 7.33. The number of hydrogen-bond acceptors (Lipinski definition) is 5. The third kappa shape index (κ3) is 4.33. The molecule has 2 rings (SSSR count). The van der Waals surface area contributed by atoms with Gasteiger partial charge in [-0.05, 0) is 31.2 Å². The summed E-state index contributed by atoms with van der Waals surface area (Å²) in [5, 5.41) is 11.4. The van der Waals surface area contributed by atoms with Crippen LogP contribution < -0.4 is 10.1 Å². The van der Waals surface area contributed by atoms with E-state index in [1.807, 2.05) is 0 Å². The molecule has 0 radical (unpaired) electrons. The first-order valence-electron chi connectivity index (χ1n) is 5.70. The zero-order valence-electron chi connectivity index (χ0n) is 10.5. The Kier molecular flexibility index (Phi) is 5.17. The minimum absolute atomic E-state index is 0.269. The predicted molar refractivity (Wildman–Crippen MR) is 79.6 cm³/mol. The van der Waals surface area contributed by atoms with Gasteiger partial charge in [0.15, 0.2) is 5.01 Å². The molecule has 1 aromatic heterocycles. The molecule has 0 saturated carbocycles. The van der Waals surface area contributed by atoms with Gasteiger partial charge in [0.25, 0.3) is 0 Å². The molecule has 1 amide bonds. The lowest BCUT2D eigenvalue weighted by molar-refractivity contribution is -0.115. The lowest BCUT2D eigenvalue weighted by atomic mass is 10.3. The number of hydrogen-bond donors (Lipinski definition) is 1. The van der Waals surface area contributed by atoms with Crippen LogP contribution in [-0.4, -0.2) is 21.5 Å². The third-order valence-electron chi connectivity index (χ3n) is 2.23.